The molecule has 1 unspecified atom stereocenters. The van der Waals surface area contributed by atoms with Crippen LogP contribution >= 0.6 is 0 Å². The molecule has 0 aliphatic carbocycles. The van der Waals surface area contributed by atoms with E-state index >= 15 is 0 Å². The average Bonchev–Trinajstić information content (AvgIpc) is 2.97. The molecule has 1 N–H and O–H groups in total. The fourth-order valence-electron chi connectivity index (χ4n) is 2.63. The molecule has 1 aliphatic heterocycles. The Morgan fingerprint density at radius 2 is 2.05 bits per heavy atom. The van der Waals surface area contributed by atoms with Crippen molar-refractivity contribution in [3.63, 3.8) is 0 Å². The lowest BCUT2D eigenvalue weighted by atomic mass is 10.2. The van der Waals surface area contributed by atoms with Crippen molar-refractivity contribution in [2.45, 2.75) is 43.5 Å². The van der Waals surface area contributed by atoms with Gasteiger partial charge in [0.05, 0.1) is 11.5 Å². The van der Waals surface area contributed by atoms with Gasteiger partial charge in [-0.3, -0.25) is 0 Å². The summed E-state index contributed by atoms with van der Waals surface area (Å²) in [7, 11) is -3.40. The maximum absolute atomic E-state index is 12.6. The number of nitrogens with zero attached hydrogens (tertiary/aromatic N) is 1. The van der Waals surface area contributed by atoms with E-state index in [4.69, 9.17) is 9.84 Å². The lowest BCUT2D eigenvalue weighted by Gasteiger charge is -2.23. The maximum atomic E-state index is 12.6. The number of ether oxygens (including phenoxy) is 1. The van der Waals surface area contributed by atoms with Crippen LogP contribution in [0.4, 0.5) is 0 Å². The molecule has 21 heavy (non-hydrogen) atoms. The Labute approximate surface area is 126 Å². The molecule has 1 aromatic rings. The Hall–Kier alpha value is -1.11. The number of aliphatic hydroxyl groups excluding tert-OH is 1. The van der Waals surface area contributed by atoms with Crippen molar-refractivity contribution in [2.75, 3.05) is 19.8 Å². The summed E-state index contributed by atoms with van der Waals surface area (Å²) in [5.41, 5.74) is 0. The highest BCUT2D eigenvalue weighted by Crippen LogP contribution is 2.28. The van der Waals surface area contributed by atoms with Crippen molar-refractivity contribution >= 4 is 10.0 Å². The van der Waals surface area contributed by atoms with E-state index in [0.29, 0.717) is 30.2 Å². The molecule has 1 aromatic carbocycles. The van der Waals surface area contributed by atoms with Gasteiger partial charge in [0.1, 0.15) is 5.75 Å². The van der Waals surface area contributed by atoms with Gasteiger partial charge in [-0.25, -0.2) is 8.42 Å². The first kappa shape index (κ1) is 16.3. The van der Waals surface area contributed by atoms with Gasteiger partial charge in [-0.2, -0.15) is 4.31 Å². The van der Waals surface area contributed by atoms with Gasteiger partial charge in [0, 0.05) is 25.6 Å². The van der Waals surface area contributed by atoms with Crippen molar-refractivity contribution in [1.82, 2.24) is 4.31 Å². The molecule has 1 aliphatic rings. The van der Waals surface area contributed by atoms with Gasteiger partial charge in [0.15, 0.2) is 0 Å². The SMILES string of the molecule is CCC1CCCN1S(=O)(=O)c1ccc(OCCCO)cc1. The number of aliphatic hydroxyl groups is 1. The molecule has 0 saturated carbocycles. The fourth-order valence-corrected chi connectivity index (χ4v) is 4.40. The van der Waals surface area contributed by atoms with E-state index < -0.39 is 10.0 Å². The minimum Gasteiger partial charge on any atom is -0.494 e. The molecule has 6 heteroatoms. The monoisotopic (exact) mass is 313 g/mol. The molecular weight excluding hydrogens is 290 g/mol. The van der Waals surface area contributed by atoms with Crippen molar-refractivity contribution in [1.29, 1.82) is 0 Å². The third kappa shape index (κ3) is 3.75. The Morgan fingerprint density at radius 1 is 1.33 bits per heavy atom. The second-order valence-corrected chi connectivity index (χ2v) is 7.11. The van der Waals surface area contributed by atoms with E-state index in [2.05, 4.69) is 0 Å². The van der Waals surface area contributed by atoms with Crippen LogP contribution in [0, 0.1) is 0 Å². The summed E-state index contributed by atoms with van der Waals surface area (Å²) in [6.45, 7) is 3.14. The maximum Gasteiger partial charge on any atom is 0.243 e. The van der Waals surface area contributed by atoms with Gasteiger partial charge in [0.25, 0.3) is 0 Å². The molecule has 0 radical (unpaired) electrons. The van der Waals surface area contributed by atoms with Crippen LogP contribution in [-0.2, 0) is 10.0 Å². The van der Waals surface area contributed by atoms with E-state index in [1.165, 1.54) is 0 Å². The van der Waals surface area contributed by atoms with Gasteiger partial charge in [0.2, 0.25) is 10.0 Å². The smallest absolute Gasteiger partial charge is 0.243 e. The van der Waals surface area contributed by atoms with Crippen LogP contribution in [0.3, 0.4) is 0 Å². The first-order valence-electron chi connectivity index (χ1n) is 7.45. The zero-order valence-corrected chi connectivity index (χ0v) is 13.2. The quantitative estimate of drug-likeness (QED) is 0.782. The first-order valence-corrected chi connectivity index (χ1v) is 8.89. The summed E-state index contributed by atoms with van der Waals surface area (Å²) in [5.74, 6) is 0.621. The van der Waals surface area contributed by atoms with Gasteiger partial charge >= 0.3 is 0 Å². The molecule has 1 fully saturated rings. The van der Waals surface area contributed by atoms with Gasteiger partial charge in [-0.05, 0) is 43.5 Å². The largest absolute Gasteiger partial charge is 0.494 e. The minimum atomic E-state index is -3.40. The first-order chi connectivity index (χ1) is 10.1. The molecular formula is C15H23NO4S. The Bertz CT molecular complexity index is 541. The second-order valence-electron chi connectivity index (χ2n) is 5.22. The average molecular weight is 313 g/mol. The molecule has 5 nitrogen and oxygen atoms in total. The Morgan fingerprint density at radius 3 is 2.67 bits per heavy atom. The van der Waals surface area contributed by atoms with Gasteiger partial charge in [-0.1, -0.05) is 6.92 Å². The van der Waals surface area contributed by atoms with Crippen LogP contribution in [0.1, 0.15) is 32.6 Å². The van der Waals surface area contributed by atoms with Crippen LogP contribution in [0.5, 0.6) is 5.75 Å². The molecule has 1 saturated heterocycles. The molecule has 0 bridgehead atoms. The normalized spacial score (nSPS) is 19.8. The summed E-state index contributed by atoms with van der Waals surface area (Å²) in [4.78, 5) is 0.317. The zero-order valence-electron chi connectivity index (χ0n) is 12.4. The summed E-state index contributed by atoms with van der Waals surface area (Å²) >= 11 is 0. The van der Waals surface area contributed by atoms with E-state index in [1.807, 2.05) is 6.92 Å². The molecule has 1 atom stereocenters. The molecule has 118 valence electrons. The number of sulfonamides is 1. The van der Waals surface area contributed by atoms with Crippen LogP contribution in [-0.4, -0.2) is 43.6 Å². The van der Waals surface area contributed by atoms with Crippen LogP contribution in [0.2, 0.25) is 0 Å². The number of rotatable bonds is 7. The number of benzene rings is 1. The molecule has 0 amide bonds. The van der Waals surface area contributed by atoms with E-state index in [-0.39, 0.29) is 12.6 Å². The van der Waals surface area contributed by atoms with Gasteiger partial charge < -0.3 is 9.84 Å². The number of hydrogen-bond acceptors (Lipinski definition) is 4. The van der Waals surface area contributed by atoms with Crippen LogP contribution < -0.4 is 4.74 Å². The standard InChI is InChI=1S/C15H23NO4S/c1-2-13-5-3-10-16(13)21(18,19)15-8-6-14(7-9-15)20-12-4-11-17/h6-9,13,17H,2-5,10-12H2,1H3. The molecule has 2 rings (SSSR count). The van der Waals surface area contributed by atoms with E-state index in [9.17, 15) is 8.42 Å². The van der Waals surface area contributed by atoms with E-state index in [1.54, 1.807) is 28.6 Å². The van der Waals surface area contributed by atoms with Crippen molar-refractivity contribution < 1.29 is 18.3 Å². The predicted molar refractivity (Wildman–Crippen MR) is 80.8 cm³/mol. The fraction of sp³-hybridized carbons (Fsp3) is 0.600. The zero-order chi connectivity index (χ0) is 15.3. The molecule has 0 aromatic heterocycles. The summed E-state index contributed by atoms with van der Waals surface area (Å²) < 4.78 is 32.3. The lowest BCUT2D eigenvalue weighted by molar-refractivity contribution is 0.233. The summed E-state index contributed by atoms with van der Waals surface area (Å²) in [6, 6.07) is 6.64. The highest BCUT2D eigenvalue weighted by molar-refractivity contribution is 7.89. The Balaban J connectivity index is 2.10. The number of hydrogen-bond donors (Lipinski definition) is 1. The second kappa shape index (κ2) is 7.24. The third-order valence-electron chi connectivity index (χ3n) is 3.80. The minimum absolute atomic E-state index is 0.0832. The molecule has 1 heterocycles. The van der Waals surface area contributed by atoms with Gasteiger partial charge in [-0.15, -0.1) is 0 Å². The predicted octanol–water partition coefficient (Wildman–Crippen LogP) is 2.01. The lowest BCUT2D eigenvalue weighted by Crippen LogP contribution is -2.35. The highest BCUT2D eigenvalue weighted by Gasteiger charge is 2.33. The van der Waals surface area contributed by atoms with Crippen LogP contribution in [0.25, 0.3) is 0 Å². The summed E-state index contributed by atoms with van der Waals surface area (Å²) in [5, 5.41) is 8.70. The van der Waals surface area contributed by atoms with Crippen LogP contribution in [0.15, 0.2) is 29.2 Å². The van der Waals surface area contributed by atoms with Crippen molar-refractivity contribution in [3.05, 3.63) is 24.3 Å². The topological polar surface area (TPSA) is 66.8 Å². The third-order valence-corrected chi connectivity index (χ3v) is 5.76. The molecule has 0 spiro atoms. The van der Waals surface area contributed by atoms with Crippen molar-refractivity contribution in [3.8, 4) is 5.75 Å². The van der Waals surface area contributed by atoms with E-state index in [0.717, 1.165) is 19.3 Å². The summed E-state index contributed by atoms with van der Waals surface area (Å²) in [6.07, 6.45) is 3.28. The highest BCUT2D eigenvalue weighted by atomic mass is 32.2. The Kier molecular flexibility index (Phi) is 5.61. The van der Waals surface area contributed by atoms with Crippen molar-refractivity contribution in [2.24, 2.45) is 0 Å².